The zero-order valence-corrected chi connectivity index (χ0v) is 8.19. The highest BCUT2D eigenvalue weighted by Gasteiger charge is 2.16. The zero-order valence-electron chi connectivity index (χ0n) is 8.19. The minimum Gasteiger partial charge on any atom is -0.295 e. The lowest BCUT2D eigenvalue weighted by Gasteiger charge is -2.09. The number of halogens is 2. The highest BCUT2D eigenvalue weighted by molar-refractivity contribution is 5.35. The monoisotopic (exact) mass is 208 g/mol. The van der Waals surface area contributed by atoms with E-state index >= 15 is 0 Å². The Labute approximate surface area is 86.2 Å². The maximum atomic E-state index is 12.7. The van der Waals surface area contributed by atoms with Crippen molar-refractivity contribution in [1.29, 1.82) is 0 Å². The minimum absolute atomic E-state index is 0.0706. The van der Waals surface area contributed by atoms with E-state index in [2.05, 4.69) is 4.98 Å². The average Bonchev–Trinajstić information content (AvgIpc) is 2.61. The van der Waals surface area contributed by atoms with Crippen LogP contribution in [0.1, 0.15) is 17.9 Å². The van der Waals surface area contributed by atoms with Crippen LogP contribution in [0.5, 0.6) is 0 Å². The number of aryl methyl sites for hydroxylation is 1. The van der Waals surface area contributed by atoms with Crippen molar-refractivity contribution in [3.63, 3.8) is 0 Å². The normalized spacial score (nSPS) is 10.9. The SMILES string of the molecule is Cc1ncc(C(F)F)n1-c1ccccc1. The van der Waals surface area contributed by atoms with Gasteiger partial charge in [-0.1, -0.05) is 18.2 Å². The van der Waals surface area contributed by atoms with Gasteiger partial charge in [0.2, 0.25) is 0 Å². The van der Waals surface area contributed by atoms with Gasteiger partial charge in [-0.15, -0.1) is 0 Å². The van der Waals surface area contributed by atoms with Crippen molar-refractivity contribution in [2.24, 2.45) is 0 Å². The smallest absolute Gasteiger partial charge is 0.280 e. The summed E-state index contributed by atoms with van der Waals surface area (Å²) in [5.74, 6) is 0.566. The van der Waals surface area contributed by atoms with Gasteiger partial charge in [-0.2, -0.15) is 0 Å². The fourth-order valence-electron chi connectivity index (χ4n) is 1.53. The molecule has 0 aliphatic carbocycles. The first kappa shape index (κ1) is 9.83. The van der Waals surface area contributed by atoms with E-state index in [1.54, 1.807) is 19.1 Å². The Morgan fingerprint density at radius 1 is 1.20 bits per heavy atom. The predicted octanol–water partition coefficient (Wildman–Crippen LogP) is 3.12. The Bertz CT molecular complexity index is 449. The van der Waals surface area contributed by atoms with Gasteiger partial charge >= 0.3 is 0 Å². The second-order valence-corrected chi connectivity index (χ2v) is 3.20. The molecule has 1 aromatic heterocycles. The lowest BCUT2D eigenvalue weighted by molar-refractivity contribution is 0.144. The van der Waals surface area contributed by atoms with Gasteiger partial charge in [0.1, 0.15) is 11.5 Å². The van der Waals surface area contributed by atoms with E-state index in [1.807, 2.05) is 18.2 Å². The molecule has 78 valence electrons. The maximum Gasteiger partial charge on any atom is 0.280 e. The number of imidazole rings is 1. The summed E-state index contributed by atoms with van der Waals surface area (Å²) in [7, 11) is 0. The summed E-state index contributed by atoms with van der Waals surface area (Å²) in [4.78, 5) is 3.90. The third-order valence-corrected chi connectivity index (χ3v) is 2.20. The number of para-hydroxylation sites is 1. The molecule has 0 radical (unpaired) electrons. The third-order valence-electron chi connectivity index (χ3n) is 2.20. The second kappa shape index (κ2) is 3.81. The van der Waals surface area contributed by atoms with Crippen LogP contribution in [0.4, 0.5) is 8.78 Å². The number of alkyl halides is 2. The zero-order chi connectivity index (χ0) is 10.8. The molecule has 0 N–H and O–H groups in total. The van der Waals surface area contributed by atoms with Gasteiger partial charge in [0, 0.05) is 5.69 Å². The topological polar surface area (TPSA) is 17.8 Å². The van der Waals surface area contributed by atoms with Crippen LogP contribution < -0.4 is 0 Å². The number of hydrogen-bond acceptors (Lipinski definition) is 1. The van der Waals surface area contributed by atoms with Crippen LogP contribution in [0.25, 0.3) is 5.69 Å². The van der Waals surface area contributed by atoms with Gasteiger partial charge in [0.15, 0.2) is 0 Å². The fraction of sp³-hybridized carbons (Fsp3) is 0.182. The van der Waals surface area contributed by atoms with Crippen molar-refractivity contribution in [3.05, 3.63) is 48.0 Å². The lowest BCUT2D eigenvalue weighted by Crippen LogP contribution is -2.02. The molecule has 0 bridgehead atoms. The van der Waals surface area contributed by atoms with Crippen LogP contribution in [-0.4, -0.2) is 9.55 Å². The summed E-state index contributed by atoms with van der Waals surface area (Å²) in [5, 5.41) is 0. The summed E-state index contributed by atoms with van der Waals surface area (Å²) in [5.41, 5.74) is 0.640. The first-order valence-corrected chi connectivity index (χ1v) is 4.58. The van der Waals surface area contributed by atoms with E-state index in [9.17, 15) is 8.78 Å². The van der Waals surface area contributed by atoms with E-state index in [-0.39, 0.29) is 5.69 Å². The first-order valence-electron chi connectivity index (χ1n) is 4.58. The standard InChI is InChI=1S/C11H10F2N2/c1-8-14-7-10(11(12)13)15(8)9-5-3-2-4-6-9/h2-7,11H,1H3. The predicted molar refractivity (Wildman–Crippen MR) is 53.3 cm³/mol. The molecule has 1 heterocycles. The molecular weight excluding hydrogens is 198 g/mol. The minimum atomic E-state index is -2.51. The van der Waals surface area contributed by atoms with Crippen LogP contribution in [0, 0.1) is 6.92 Å². The Kier molecular flexibility index (Phi) is 2.49. The van der Waals surface area contributed by atoms with Crippen molar-refractivity contribution >= 4 is 0 Å². The molecule has 0 saturated carbocycles. The summed E-state index contributed by atoms with van der Waals surface area (Å²) in [6.45, 7) is 1.71. The van der Waals surface area contributed by atoms with E-state index in [0.29, 0.717) is 11.5 Å². The second-order valence-electron chi connectivity index (χ2n) is 3.20. The molecule has 0 aliphatic rings. The van der Waals surface area contributed by atoms with Crippen LogP contribution in [0.2, 0.25) is 0 Å². The lowest BCUT2D eigenvalue weighted by atomic mass is 10.3. The van der Waals surface area contributed by atoms with E-state index in [4.69, 9.17) is 0 Å². The number of nitrogens with zero attached hydrogens (tertiary/aromatic N) is 2. The molecule has 0 amide bonds. The van der Waals surface area contributed by atoms with Crippen molar-refractivity contribution in [2.45, 2.75) is 13.3 Å². The van der Waals surface area contributed by atoms with Gasteiger partial charge in [-0.05, 0) is 19.1 Å². The molecule has 2 nitrogen and oxygen atoms in total. The maximum absolute atomic E-state index is 12.7. The molecule has 0 fully saturated rings. The fourth-order valence-corrected chi connectivity index (χ4v) is 1.53. The number of rotatable bonds is 2. The highest BCUT2D eigenvalue weighted by Crippen LogP contribution is 2.23. The van der Waals surface area contributed by atoms with Crippen molar-refractivity contribution in [3.8, 4) is 5.69 Å². The Morgan fingerprint density at radius 3 is 2.47 bits per heavy atom. The Hall–Kier alpha value is -1.71. The van der Waals surface area contributed by atoms with Crippen molar-refractivity contribution in [1.82, 2.24) is 9.55 Å². The number of hydrogen-bond donors (Lipinski definition) is 0. The quantitative estimate of drug-likeness (QED) is 0.741. The largest absolute Gasteiger partial charge is 0.295 e. The number of aromatic nitrogens is 2. The van der Waals surface area contributed by atoms with Gasteiger partial charge in [0.05, 0.1) is 6.20 Å². The van der Waals surface area contributed by atoms with Crippen LogP contribution >= 0.6 is 0 Å². The Morgan fingerprint density at radius 2 is 1.87 bits per heavy atom. The molecule has 15 heavy (non-hydrogen) atoms. The summed E-state index contributed by atoms with van der Waals surface area (Å²) < 4.78 is 26.8. The van der Waals surface area contributed by atoms with Crippen LogP contribution in [0.15, 0.2) is 36.5 Å². The average molecular weight is 208 g/mol. The molecular formula is C11H10F2N2. The van der Waals surface area contributed by atoms with E-state index in [0.717, 1.165) is 0 Å². The number of benzene rings is 1. The molecule has 1 aromatic carbocycles. The molecule has 4 heteroatoms. The molecule has 2 rings (SSSR count). The van der Waals surface area contributed by atoms with Crippen LogP contribution in [-0.2, 0) is 0 Å². The van der Waals surface area contributed by atoms with Gasteiger partial charge in [-0.25, -0.2) is 13.8 Å². The molecule has 0 saturated heterocycles. The van der Waals surface area contributed by atoms with Crippen molar-refractivity contribution in [2.75, 3.05) is 0 Å². The molecule has 0 unspecified atom stereocenters. The summed E-state index contributed by atoms with van der Waals surface area (Å²) >= 11 is 0. The third kappa shape index (κ3) is 1.75. The molecule has 0 aliphatic heterocycles. The summed E-state index contributed by atoms with van der Waals surface area (Å²) in [6.07, 6.45) is -1.29. The first-order chi connectivity index (χ1) is 7.20. The van der Waals surface area contributed by atoms with Gasteiger partial charge in [0.25, 0.3) is 6.43 Å². The molecule has 2 aromatic rings. The highest BCUT2D eigenvalue weighted by atomic mass is 19.3. The van der Waals surface area contributed by atoms with Crippen molar-refractivity contribution < 1.29 is 8.78 Å². The van der Waals surface area contributed by atoms with Crippen LogP contribution in [0.3, 0.4) is 0 Å². The molecule has 0 atom stereocenters. The Balaban J connectivity index is 2.57. The van der Waals surface area contributed by atoms with E-state index in [1.165, 1.54) is 10.8 Å². The van der Waals surface area contributed by atoms with Gasteiger partial charge < -0.3 is 0 Å². The van der Waals surface area contributed by atoms with Gasteiger partial charge in [-0.3, -0.25) is 4.57 Å². The van der Waals surface area contributed by atoms with E-state index < -0.39 is 6.43 Å². The summed E-state index contributed by atoms with van der Waals surface area (Å²) in [6, 6.07) is 9.02. The molecule has 0 spiro atoms.